The van der Waals surface area contributed by atoms with Gasteiger partial charge in [-0.15, -0.1) is 0 Å². The highest BCUT2D eigenvalue weighted by Gasteiger charge is 2.31. The fourth-order valence-corrected chi connectivity index (χ4v) is 3.35. The van der Waals surface area contributed by atoms with E-state index in [1.807, 2.05) is 6.26 Å². The van der Waals surface area contributed by atoms with E-state index in [1.54, 1.807) is 26.0 Å². The number of aromatic hydroxyl groups is 1. The summed E-state index contributed by atoms with van der Waals surface area (Å²) in [5.74, 6) is -2.64. The molecule has 10 nitrogen and oxygen atoms in total. The molecule has 7 N–H and O–H groups in total. The Hall–Kier alpha value is -2.79. The molecule has 0 saturated carbocycles. The number of phenols is 1. The molecule has 1 aromatic rings. The van der Waals surface area contributed by atoms with E-state index in [-0.39, 0.29) is 31.1 Å². The van der Waals surface area contributed by atoms with Gasteiger partial charge in [-0.25, -0.2) is 4.79 Å². The number of carboxylic acid groups (broad SMARTS) is 1. The molecule has 0 spiro atoms. The molecule has 0 saturated heterocycles. The number of carbonyl (C=O) groups excluding carboxylic acids is 3. The molecule has 0 aliphatic rings. The summed E-state index contributed by atoms with van der Waals surface area (Å²) >= 11 is 1.46. The van der Waals surface area contributed by atoms with Crippen molar-refractivity contribution in [3.8, 4) is 5.75 Å². The minimum Gasteiger partial charge on any atom is -0.508 e. The summed E-state index contributed by atoms with van der Waals surface area (Å²) in [6.45, 7) is 3.12. The fraction of sp³-hybridized carbons (Fsp3) is 0.524. The van der Waals surface area contributed by atoms with E-state index in [4.69, 9.17) is 5.73 Å². The predicted molar refractivity (Wildman–Crippen MR) is 122 cm³/mol. The number of nitrogens with two attached hydrogens (primary N) is 1. The molecule has 3 unspecified atom stereocenters. The first-order chi connectivity index (χ1) is 15.1. The van der Waals surface area contributed by atoms with Crippen LogP contribution in [0.5, 0.6) is 5.75 Å². The van der Waals surface area contributed by atoms with Crippen molar-refractivity contribution in [3.63, 3.8) is 0 Å². The molecule has 11 heteroatoms. The summed E-state index contributed by atoms with van der Waals surface area (Å²) in [5, 5.41) is 26.4. The van der Waals surface area contributed by atoms with E-state index in [9.17, 15) is 29.4 Å². The molecule has 1 rings (SSSR count). The molecule has 0 bridgehead atoms. The summed E-state index contributed by atoms with van der Waals surface area (Å²) in [5.41, 5.74) is 6.03. The van der Waals surface area contributed by atoms with Gasteiger partial charge >= 0.3 is 5.97 Å². The maximum Gasteiger partial charge on any atom is 0.326 e. The van der Waals surface area contributed by atoms with Crippen molar-refractivity contribution in [2.45, 2.75) is 44.8 Å². The Bertz CT molecular complexity index is 787. The number of aliphatic carboxylic acids is 1. The lowest BCUT2D eigenvalue weighted by Gasteiger charge is -2.26. The van der Waals surface area contributed by atoms with Gasteiger partial charge in [-0.05, 0) is 42.0 Å². The van der Waals surface area contributed by atoms with E-state index in [0.29, 0.717) is 11.3 Å². The molecular formula is C21H32N4O6S. The van der Waals surface area contributed by atoms with Crippen molar-refractivity contribution in [2.24, 2.45) is 11.7 Å². The number of amides is 3. The number of nitrogens with one attached hydrogen (secondary N) is 3. The Morgan fingerprint density at radius 2 is 1.62 bits per heavy atom. The Balaban J connectivity index is 2.97. The molecule has 32 heavy (non-hydrogen) atoms. The van der Waals surface area contributed by atoms with E-state index >= 15 is 0 Å². The van der Waals surface area contributed by atoms with Gasteiger partial charge in [-0.2, -0.15) is 11.8 Å². The third-order valence-electron chi connectivity index (χ3n) is 4.69. The SMILES string of the molecule is CSCCC(NC(=O)C(NC(=O)C(Cc1ccc(O)cc1)NC(=O)CN)C(C)C)C(=O)O. The normalized spacial score (nSPS) is 13.7. The monoisotopic (exact) mass is 468 g/mol. The van der Waals surface area contributed by atoms with Crippen molar-refractivity contribution in [1.82, 2.24) is 16.0 Å². The lowest BCUT2D eigenvalue weighted by molar-refractivity contribution is -0.142. The van der Waals surface area contributed by atoms with Crippen molar-refractivity contribution < 1.29 is 29.4 Å². The standard InChI is InChI=1S/C21H32N4O6S/c1-12(2)18(20(29)24-15(21(30)31)8-9-32-3)25-19(28)16(23-17(27)11-22)10-13-4-6-14(26)7-5-13/h4-7,12,15-16,18,26H,8-11,22H2,1-3H3,(H,23,27)(H,24,29)(H,25,28)(H,30,31). The van der Waals surface area contributed by atoms with Crippen LogP contribution in [-0.2, 0) is 25.6 Å². The van der Waals surface area contributed by atoms with Gasteiger partial charge in [-0.1, -0.05) is 26.0 Å². The lowest BCUT2D eigenvalue weighted by atomic mass is 10.0. The van der Waals surface area contributed by atoms with Gasteiger partial charge in [0.05, 0.1) is 6.54 Å². The maximum absolute atomic E-state index is 13.0. The van der Waals surface area contributed by atoms with Crippen LogP contribution in [-0.4, -0.2) is 70.6 Å². The van der Waals surface area contributed by atoms with Gasteiger partial charge in [0, 0.05) is 6.42 Å². The molecule has 3 atom stereocenters. The first-order valence-electron chi connectivity index (χ1n) is 10.2. The number of carbonyl (C=O) groups is 4. The molecule has 1 aromatic carbocycles. The van der Waals surface area contributed by atoms with Gasteiger partial charge in [0.15, 0.2) is 0 Å². The average molecular weight is 469 g/mol. The van der Waals surface area contributed by atoms with E-state index in [0.717, 1.165) is 0 Å². The predicted octanol–water partition coefficient (Wildman–Crippen LogP) is -0.158. The highest BCUT2D eigenvalue weighted by atomic mass is 32.2. The first-order valence-corrected chi connectivity index (χ1v) is 11.6. The van der Waals surface area contributed by atoms with Crippen molar-refractivity contribution in [3.05, 3.63) is 29.8 Å². The summed E-state index contributed by atoms with van der Waals surface area (Å²) in [4.78, 5) is 49.0. The Labute approximate surface area is 191 Å². The molecule has 178 valence electrons. The molecule has 3 amide bonds. The van der Waals surface area contributed by atoms with E-state index < -0.39 is 41.8 Å². The second-order valence-electron chi connectivity index (χ2n) is 7.61. The zero-order valence-electron chi connectivity index (χ0n) is 18.5. The smallest absolute Gasteiger partial charge is 0.326 e. The van der Waals surface area contributed by atoms with Crippen LogP contribution in [0.2, 0.25) is 0 Å². The van der Waals surface area contributed by atoms with Crippen LogP contribution in [0.4, 0.5) is 0 Å². The van der Waals surface area contributed by atoms with E-state index in [1.165, 1.54) is 23.9 Å². The van der Waals surface area contributed by atoms with Crippen LogP contribution in [0, 0.1) is 5.92 Å². The molecular weight excluding hydrogens is 436 g/mol. The number of phenolic OH excluding ortho intramolecular Hbond substituents is 1. The third-order valence-corrected chi connectivity index (χ3v) is 5.33. The molecule has 0 heterocycles. The summed E-state index contributed by atoms with van der Waals surface area (Å²) in [6.07, 6.45) is 2.19. The minimum atomic E-state index is -1.15. The number of hydrogen-bond donors (Lipinski definition) is 6. The van der Waals surface area contributed by atoms with Crippen LogP contribution in [0.1, 0.15) is 25.8 Å². The Morgan fingerprint density at radius 1 is 1.00 bits per heavy atom. The van der Waals surface area contributed by atoms with Gasteiger partial charge in [0.25, 0.3) is 0 Å². The Morgan fingerprint density at radius 3 is 2.12 bits per heavy atom. The summed E-state index contributed by atoms with van der Waals surface area (Å²) in [7, 11) is 0. The average Bonchev–Trinajstić information content (AvgIpc) is 2.74. The van der Waals surface area contributed by atoms with Gasteiger partial charge in [-0.3, -0.25) is 14.4 Å². The first kappa shape index (κ1) is 27.2. The molecule has 0 aromatic heterocycles. The van der Waals surface area contributed by atoms with Crippen LogP contribution < -0.4 is 21.7 Å². The molecule has 0 aliphatic heterocycles. The second-order valence-corrected chi connectivity index (χ2v) is 8.59. The quantitative estimate of drug-likeness (QED) is 0.232. The maximum atomic E-state index is 13.0. The van der Waals surface area contributed by atoms with Crippen LogP contribution in [0.25, 0.3) is 0 Å². The summed E-state index contributed by atoms with van der Waals surface area (Å²) in [6, 6.07) is 3.05. The van der Waals surface area contributed by atoms with Crippen molar-refractivity contribution >= 4 is 35.5 Å². The number of benzene rings is 1. The molecule has 0 aliphatic carbocycles. The highest BCUT2D eigenvalue weighted by molar-refractivity contribution is 7.98. The van der Waals surface area contributed by atoms with E-state index in [2.05, 4.69) is 16.0 Å². The van der Waals surface area contributed by atoms with Crippen molar-refractivity contribution in [1.29, 1.82) is 0 Å². The number of hydrogen-bond acceptors (Lipinski definition) is 7. The van der Waals surface area contributed by atoms with Crippen LogP contribution in [0.15, 0.2) is 24.3 Å². The zero-order valence-corrected chi connectivity index (χ0v) is 19.3. The summed E-state index contributed by atoms with van der Waals surface area (Å²) < 4.78 is 0. The minimum absolute atomic E-state index is 0.0618. The molecule has 0 radical (unpaired) electrons. The highest BCUT2D eigenvalue weighted by Crippen LogP contribution is 2.12. The van der Waals surface area contributed by atoms with Gasteiger partial charge in [0.1, 0.15) is 23.9 Å². The van der Waals surface area contributed by atoms with Gasteiger partial charge < -0.3 is 31.9 Å². The van der Waals surface area contributed by atoms with Crippen LogP contribution >= 0.6 is 11.8 Å². The third kappa shape index (κ3) is 9.15. The van der Waals surface area contributed by atoms with Crippen LogP contribution in [0.3, 0.4) is 0 Å². The largest absolute Gasteiger partial charge is 0.508 e. The molecule has 0 fully saturated rings. The Kier molecular flexibility index (Phi) is 11.6. The van der Waals surface area contributed by atoms with Gasteiger partial charge in [0.2, 0.25) is 17.7 Å². The zero-order chi connectivity index (χ0) is 24.3. The lowest BCUT2D eigenvalue weighted by Crippen LogP contribution is -2.58. The number of carboxylic acids is 1. The topological polar surface area (TPSA) is 171 Å². The second kappa shape index (κ2) is 13.6. The fourth-order valence-electron chi connectivity index (χ4n) is 2.87. The number of thioether (sulfide) groups is 1. The van der Waals surface area contributed by atoms with Crippen molar-refractivity contribution in [2.75, 3.05) is 18.6 Å². The number of rotatable bonds is 13.